The van der Waals surface area contributed by atoms with E-state index in [-0.39, 0.29) is 29.3 Å². The maximum Gasteiger partial charge on any atom is 0.336 e. The van der Waals surface area contributed by atoms with E-state index in [1.807, 2.05) is 12.1 Å². The summed E-state index contributed by atoms with van der Waals surface area (Å²) in [6, 6.07) is 9.54. The van der Waals surface area contributed by atoms with Gasteiger partial charge in [0.05, 0.1) is 22.3 Å². The van der Waals surface area contributed by atoms with E-state index in [4.69, 9.17) is 11.6 Å². The molecule has 24 heavy (non-hydrogen) atoms. The predicted octanol–water partition coefficient (Wildman–Crippen LogP) is 5.00. The topological polar surface area (TPSA) is 49.3 Å². The molecule has 2 N–H and O–H groups in total. The molecular weight excluding hydrogens is 329 g/mol. The van der Waals surface area contributed by atoms with E-state index in [2.05, 4.69) is 11.4 Å². The Hall–Kier alpha value is -2.33. The summed E-state index contributed by atoms with van der Waals surface area (Å²) in [6.45, 7) is 0. The van der Waals surface area contributed by atoms with Crippen molar-refractivity contribution in [3.05, 3.63) is 76.1 Å². The zero-order valence-corrected chi connectivity index (χ0v) is 13.4. The molecule has 1 aliphatic heterocycles. The van der Waals surface area contributed by atoms with E-state index < -0.39 is 5.97 Å². The number of allylic oxidation sites excluding steroid dienone is 2. The lowest BCUT2D eigenvalue weighted by atomic mass is 9.75. The number of rotatable bonds is 2. The Kier molecular flexibility index (Phi) is 3.57. The second kappa shape index (κ2) is 5.64. The van der Waals surface area contributed by atoms with Crippen LogP contribution in [0, 0.1) is 11.7 Å². The highest BCUT2D eigenvalue weighted by atomic mass is 35.5. The first-order valence-electron chi connectivity index (χ1n) is 7.80. The van der Waals surface area contributed by atoms with E-state index in [0.29, 0.717) is 10.7 Å². The normalized spacial score (nSPS) is 24.2. The number of carboxylic acid groups (broad SMARTS) is 1. The minimum atomic E-state index is -0.965. The average Bonchev–Trinajstić information content (AvgIpc) is 3.04. The molecule has 1 aliphatic carbocycles. The highest BCUT2D eigenvalue weighted by Gasteiger charge is 2.40. The van der Waals surface area contributed by atoms with Crippen LogP contribution in [0.1, 0.15) is 39.9 Å². The molecule has 3 unspecified atom stereocenters. The van der Waals surface area contributed by atoms with Gasteiger partial charge in [-0.2, -0.15) is 0 Å². The van der Waals surface area contributed by atoms with Gasteiger partial charge in [0, 0.05) is 5.92 Å². The number of halogens is 2. The molecule has 1 heterocycles. The van der Waals surface area contributed by atoms with Crippen molar-refractivity contribution < 1.29 is 14.3 Å². The summed E-state index contributed by atoms with van der Waals surface area (Å²) in [5, 5.41) is 13.4. The van der Waals surface area contributed by atoms with E-state index in [1.54, 1.807) is 18.2 Å². The van der Waals surface area contributed by atoms with Gasteiger partial charge in [0.2, 0.25) is 0 Å². The van der Waals surface area contributed by atoms with Crippen molar-refractivity contribution in [1.82, 2.24) is 0 Å². The van der Waals surface area contributed by atoms with Crippen LogP contribution in [0.4, 0.5) is 10.1 Å². The molecule has 5 heteroatoms. The number of hydrogen-bond acceptors (Lipinski definition) is 2. The van der Waals surface area contributed by atoms with Gasteiger partial charge in [0.15, 0.2) is 0 Å². The Bertz CT molecular complexity index is 864. The summed E-state index contributed by atoms with van der Waals surface area (Å²) >= 11 is 6.34. The third-order valence-electron chi connectivity index (χ3n) is 4.91. The molecule has 3 atom stereocenters. The maximum absolute atomic E-state index is 13.7. The molecule has 0 saturated carbocycles. The minimum absolute atomic E-state index is 0.0423. The first-order valence-corrected chi connectivity index (χ1v) is 8.18. The molecule has 4 rings (SSSR count). The Balaban J connectivity index is 1.88. The number of nitrogens with one attached hydrogen (secondary N) is 1. The van der Waals surface area contributed by atoms with Crippen LogP contribution in [0.25, 0.3) is 0 Å². The van der Waals surface area contributed by atoms with Crippen LogP contribution in [-0.2, 0) is 0 Å². The summed E-state index contributed by atoms with van der Waals surface area (Å²) in [6.07, 6.45) is 4.91. The fourth-order valence-corrected chi connectivity index (χ4v) is 4.11. The standard InChI is InChI=1S/C19H15ClFNO2/c20-15-8-7-14(19(23)24)16-12-5-2-6-13(12)17(22-18(15)16)10-3-1-4-11(21)9-10/h1-5,7-9,12-13,17,22H,6H2,(H,23,24). The van der Waals surface area contributed by atoms with E-state index in [9.17, 15) is 14.3 Å². The number of carboxylic acids is 1. The Morgan fingerprint density at radius 2 is 2.12 bits per heavy atom. The maximum atomic E-state index is 13.7. The third-order valence-corrected chi connectivity index (χ3v) is 5.22. The second-order valence-electron chi connectivity index (χ2n) is 6.22. The van der Waals surface area contributed by atoms with E-state index in [1.165, 1.54) is 12.1 Å². The lowest BCUT2D eigenvalue weighted by Crippen LogP contribution is -2.30. The van der Waals surface area contributed by atoms with Gasteiger partial charge in [0.1, 0.15) is 5.82 Å². The molecule has 0 aromatic heterocycles. The van der Waals surface area contributed by atoms with Crippen LogP contribution >= 0.6 is 11.6 Å². The minimum Gasteiger partial charge on any atom is -0.478 e. The van der Waals surface area contributed by atoms with E-state index >= 15 is 0 Å². The van der Waals surface area contributed by atoms with Gasteiger partial charge in [-0.05, 0) is 47.7 Å². The average molecular weight is 344 g/mol. The predicted molar refractivity (Wildman–Crippen MR) is 91.2 cm³/mol. The number of aromatic carboxylic acids is 1. The summed E-state index contributed by atoms with van der Waals surface area (Å²) in [7, 11) is 0. The number of carbonyl (C=O) groups is 1. The molecule has 122 valence electrons. The van der Waals surface area contributed by atoms with Crippen LogP contribution in [0.2, 0.25) is 5.02 Å². The lowest BCUT2D eigenvalue weighted by molar-refractivity contribution is 0.0695. The molecule has 0 spiro atoms. The van der Waals surface area contributed by atoms with Crippen LogP contribution < -0.4 is 5.32 Å². The van der Waals surface area contributed by atoms with Gasteiger partial charge in [-0.1, -0.05) is 35.9 Å². The van der Waals surface area contributed by atoms with Crippen molar-refractivity contribution in [2.45, 2.75) is 18.4 Å². The molecule has 2 aromatic carbocycles. The van der Waals surface area contributed by atoms with Crippen molar-refractivity contribution in [3.8, 4) is 0 Å². The number of hydrogen-bond donors (Lipinski definition) is 2. The fraction of sp³-hybridized carbons (Fsp3) is 0.211. The van der Waals surface area contributed by atoms with Crippen molar-refractivity contribution >= 4 is 23.3 Å². The van der Waals surface area contributed by atoms with Crippen LogP contribution in [0.15, 0.2) is 48.6 Å². The first-order chi connectivity index (χ1) is 11.6. The summed E-state index contributed by atoms with van der Waals surface area (Å²) in [5.41, 5.74) is 2.47. The fourth-order valence-electron chi connectivity index (χ4n) is 3.89. The molecule has 0 fully saturated rings. The van der Waals surface area contributed by atoms with Crippen molar-refractivity contribution in [3.63, 3.8) is 0 Å². The van der Waals surface area contributed by atoms with Gasteiger partial charge in [-0.25, -0.2) is 9.18 Å². The zero-order valence-electron chi connectivity index (χ0n) is 12.7. The highest BCUT2D eigenvalue weighted by molar-refractivity contribution is 6.33. The largest absolute Gasteiger partial charge is 0.478 e. The molecule has 0 amide bonds. The molecular formula is C19H15ClFNO2. The van der Waals surface area contributed by atoms with Crippen molar-refractivity contribution in [1.29, 1.82) is 0 Å². The van der Waals surface area contributed by atoms with E-state index in [0.717, 1.165) is 17.5 Å². The van der Waals surface area contributed by atoms with Crippen LogP contribution in [-0.4, -0.2) is 11.1 Å². The Labute approximate surface area is 143 Å². The van der Waals surface area contributed by atoms with Crippen LogP contribution in [0.3, 0.4) is 0 Å². The molecule has 2 aromatic rings. The van der Waals surface area contributed by atoms with Gasteiger partial charge in [-0.15, -0.1) is 0 Å². The molecule has 3 nitrogen and oxygen atoms in total. The third kappa shape index (κ3) is 2.29. The number of benzene rings is 2. The molecule has 2 aliphatic rings. The second-order valence-corrected chi connectivity index (χ2v) is 6.63. The molecule has 0 radical (unpaired) electrons. The van der Waals surface area contributed by atoms with Crippen molar-refractivity contribution in [2.24, 2.45) is 5.92 Å². The van der Waals surface area contributed by atoms with Gasteiger partial charge in [0.25, 0.3) is 0 Å². The monoisotopic (exact) mass is 343 g/mol. The number of fused-ring (bicyclic) bond motifs is 3. The molecule has 0 bridgehead atoms. The Morgan fingerprint density at radius 1 is 1.29 bits per heavy atom. The van der Waals surface area contributed by atoms with Gasteiger partial charge in [-0.3, -0.25) is 0 Å². The summed E-state index contributed by atoms with van der Waals surface area (Å²) in [4.78, 5) is 11.6. The quantitative estimate of drug-likeness (QED) is 0.754. The highest BCUT2D eigenvalue weighted by Crippen LogP contribution is 2.52. The van der Waals surface area contributed by atoms with Crippen molar-refractivity contribution in [2.75, 3.05) is 5.32 Å². The smallest absolute Gasteiger partial charge is 0.336 e. The SMILES string of the molecule is O=C(O)c1ccc(Cl)c2c1C1C=CCC1C(c1cccc(F)c1)N2. The Morgan fingerprint density at radius 3 is 2.88 bits per heavy atom. The number of anilines is 1. The summed E-state index contributed by atoms with van der Waals surface area (Å²) < 4.78 is 13.7. The summed E-state index contributed by atoms with van der Waals surface area (Å²) in [5.74, 6) is -1.16. The lowest BCUT2D eigenvalue weighted by Gasteiger charge is -2.38. The van der Waals surface area contributed by atoms with Crippen LogP contribution in [0.5, 0.6) is 0 Å². The molecule has 0 saturated heterocycles. The zero-order chi connectivity index (χ0) is 16.8. The van der Waals surface area contributed by atoms with Gasteiger partial charge >= 0.3 is 5.97 Å². The first kappa shape index (κ1) is 15.2. The van der Waals surface area contributed by atoms with Gasteiger partial charge < -0.3 is 10.4 Å².